The number of rotatable bonds is 4. The number of hydrogen-bond donors (Lipinski definition) is 3. The maximum Gasteiger partial charge on any atom is 0.315 e. The molecule has 18 heavy (non-hydrogen) atoms. The molecule has 0 spiro atoms. The molecule has 96 valence electrons. The van der Waals surface area contributed by atoms with Crippen LogP contribution in [0, 0.1) is 0 Å². The van der Waals surface area contributed by atoms with Crippen LogP contribution < -0.4 is 16.0 Å². The van der Waals surface area contributed by atoms with E-state index in [1.807, 2.05) is 30.3 Å². The minimum Gasteiger partial charge on any atom is -0.354 e. The zero-order chi connectivity index (χ0) is 12.8. The van der Waals surface area contributed by atoms with E-state index in [0.717, 1.165) is 6.42 Å². The van der Waals surface area contributed by atoms with E-state index in [1.165, 1.54) is 5.56 Å². The summed E-state index contributed by atoms with van der Waals surface area (Å²) in [4.78, 5) is 22.5. The average molecular weight is 247 g/mol. The van der Waals surface area contributed by atoms with Gasteiger partial charge in [0.25, 0.3) is 0 Å². The molecule has 5 heteroatoms. The summed E-state index contributed by atoms with van der Waals surface area (Å²) in [5.41, 5.74) is 1.19. The molecule has 5 nitrogen and oxygen atoms in total. The summed E-state index contributed by atoms with van der Waals surface area (Å²) in [7, 11) is 0. The molecule has 1 saturated heterocycles. The molecule has 0 aliphatic carbocycles. The SMILES string of the molecule is O=C1C[C@H](NC(=O)NCCc2ccccc2)CN1. The van der Waals surface area contributed by atoms with Crippen molar-refractivity contribution in [2.75, 3.05) is 13.1 Å². The lowest BCUT2D eigenvalue weighted by Gasteiger charge is -2.11. The van der Waals surface area contributed by atoms with Gasteiger partial charge in [0.15, 0.2) is 0 Å². The first-order valence-corrected chi connectivity index (χ1v) is 6.09. The van der Waals surface area contributed by atoms with Crippen molar-refractivity contribution in [2.24, 2.45) is 0 Å². The second kappa shape index (κ2) is 6.05. The van der Waals surface area contributed by atoms with Gasteiger partial charge in [0.2, 0.25) is 5.91 Å². The first kappa shape index (κ1) is 12.4. The van der Waals surface area contributed by atoms with Gasteiger partial charge in [-0.1, -0.05) is 30.3 Å². The van der Waals surface area contributed by atoms with E-state index in [9.17, 15) is 9.59 Å². The Labute approximate surface area is 106 Å². The lowest BCUT2D eigenvalue weighted by Crippen LogP contribution is -2.43. The largest absolute Gasteiger partial charge is 0.354 e. The Balaban J connectivity index is 1.64. The van der Waals surface area contributed by atoms with Crippen LogP contribution in [0.1, 0.15) is 12.0 Å². The van der Waals surface area contributed by atoms with Crippen molar-refractivity contribution in [3.8, 4) is 0 Å². The van der Waals surface area contributed by atoms with Crippen molar-refractivity contribution in [3.05, 3.63) is 35.9 Å². The summed E-state index contributed by atoms with van der Waals surface area (Å²) >= 11 is 0. The smallest absolute Gasteiger partial charge is 0.315 e. The van der Waals surface area contributed by atoms with E-state index < -0.39 is 0 Å². The van der Waals surface area contributed by atoms with Gasteiger partial charge < -0.3 is 16.0 Å². The molecule has 3 N–H and O–H groups in total. The fourth-order valence-corrected chi connectivity index (χ4v) is 1.91. The van der Waals surface area contributed by atoms with Crippen LogP contribution in [0.2, 0.25) is 0 Å². The molecule has 1 atom stereocenters. The summed E-state index contributed by atoms with van der Waals surface area (Å²) < 4.78 is 0. The van der Waals surface area contributed by atoms with Crippen LogP contribution in [0.3, 0.4) is 0 Å². The van der Waals surface area contributed by atoms with Crippen LogP contribution in [0.25, 0.3) is 0 Å². The molecule has 2 rings (SSSR count). The van der Waals surface area contributed by atoms with E-state index in [1.54, 1.807) is 0 Å². The molecule has 1 fully saturated rings. The van der Waals surface area contributed by atoms with Crippen LogP contribution in [-0.2, 0) is 11.2 Å². The second-order valence-electron chi connectivity index (χ2n) is 4.34. The number of carbonyl (C=O) groups is 2. The van der Waals surface area contributed by atoms with E-state index >= 15 is 0 Å². The van der Waals surface area contributed by atoms with Gasteiger partial charge in [-0.2, -0.15) is 0 Å². The molecule has 1 aliphatic heterocycles. The van der Waals surface area contributed by atoms with E-state index in [2.05, 4.69) is 16.0 Å². The van der Waals surface area contributed by atoms with Gasteiger partial charge in [-0.25, -0.2) is 4.79 Å². The third-order valence-electron chi connectivity index (χ3n) is 2.85. The normalized spacial score (nSPS) is 18.2. The fourth-order valence-electron chi connectivity index (χ4n) is 1.91. The minimum absolute atomic E-state index is 0.00964. The standard InChI is InChI=1S/C13H17N3O2/c17-12-8-11(9-15-12)16-13(18)14-7-6-10-4-2-1-3-5-10/h1-5,11H,6-9H2,(H,15,17)(H2,14,16,18)/t11-/m0/s1. The number of urea groups is 1. The molecule has 0 radical (unpaired) electrons. The highest BCUT2D eigenvalue weighted by atomic mass is 16.2. The third-order valence-corrected chi connectivity index (χ3v) is 2.85. The van der Waals surface area contributed by atoms with Crippen LogP contribution in [-0.4, -0.2) is 31.1 Å². The molecule has 0 saturated carbocycles. The molecule has 1 aromatic carbocycles. The summed E-state index contributed by atoms with van der Waals surface area (Å²) in [6.45, 7) is 1.11. The van der Waals surface area contributed by atoms with Gasteiger partial charge in [-0.05, 0) is 12.0 Å². The molecule has 0 bridgehead atoms. The summed E-state index contributed by atoms with van der Waals surface area (Å²) in [5, 5.41) is 8.22. The summed E-state index contributed by atoms with van der Waals surface area (Å²) in [5.74, 6) is -0.00964. The number of benzene rings is 1. The molecular formula is C13H17N3O2. The summed E-state index contributed by atoms with van der Waals surface area (Å²) in [6.07, 6.45) is 1.17. The predicted molar refractivity (Wildman–Crippen MR) is 68.1 cm³/mol. The maximum atomic E-state index is 11.5. The second-order valence-corrected chi connectivity index (χ2v) is 4.34. The van der Waals surface area contributed by atoms with Crippen molar-refractivity contribution < 1.29 is 9.59 Å². The third kappa shape index (κ3) is 3.76. The van der Waals surface area contributed by atoms with Gasteiger partial charge >= 0.3 is 6.03 Å². The first-order chi connectivity index (χ1) is 8.74. The highest BCUT2D eigenvalue weighted by molar-refractivity contribution is 5.81. The molecule has 3 amide bonds. The zero-order valence-electron chi connectivity index (χ0n) is 10.1. The van der Waals surface area contributed by atoms with Crippen LogP contribution in [0.15, 0.2) is 30.3 Å². The number of amides is 3. The first-order valence-electron chi connectivity index (χ1n) is 6.09. The molecular weight excluding hydrogens is 230 g/mol. The highest BCUT2D eigenvalue weighted by Gasteiger charge is 2.22. The van der Waals surface area contributed by atoms with Crippen molar-refractivity contribution in [3.63, 3.8) is 0 Å². The fraction of sp³-hybridized carbons (Fsp3) is 0.385. The number of hydrogen-bond acceptors (Lipinski definition) is 2. The maximum absolute atomic E-state index is 11.5. The number of nitrogens with one attached hydrogen (secondary N) is 3. The molecule has 1 heterocycles. The van der Waals surface area contributed by atoms with Crippen molar-refractivity contribution >= 4 is 11.9 Å². The molecule has 1 aromatic rings. The topological polar surface area (TPSA) is 70.2 Å². The quantitative estimate of drug-likeness (QED) is 0.721. The van der Waals surface area contributed by atoms with Gasteiger partial charge in [-0.15, -0.1) is 0 Å². The summed E-state index contributed by atoms with van der Waals surface area (Å²) in [6, 6.07) is 9.67. The van der Waals surface area contributed by atoms with Gasteiger partial charge in [0, 0.05) is 19.5 Å². The predicted octanol–water partition coefficient (Wildman–Crippen LogP) is 0.417. The van der Waals surface area contributed by atoms with Gasteiger partial charge in [0.05, 0.1) is 6.04 Å². The zero-order valence-corrected chi connectivity index (χ0v) is 10.1. The van der Waals surface area contributed by atoms with Crippen molar-refractivity contribution in [2.45, 2.75) is 18.9 Å². The Kier molecular flexibility index (Phi) is 4.17. The minimum atomic E-state index is -0.215. The van der Waals surface area contributed by atoms with Crippen molar-refractivity contribution in [1.29, 1.82) is 0 Å². The monoisotopic (exact) mass is 247 g/mol. The van der Waals surface area contributed by atoms with Gasteiger partial charge in [0.1, 0.15) is 0 Å². The molecule has 1 aliphatic rings. The van der Waals surface area contributed by atoms with Crippen LogP contribution >= 0.6 is 0 Å². The highest BCUT2D eigenvalue weighted by Crippen LogP contribution is 1.99. The Bertz CT molecular complexity index is 420. The Morgan fingerprint density at radius 3 is 2.78 bits per heavy atom. The van der Waals surface area contributed by atoms with Crippen molar-refractivity contribution in [1.82, 2.24) is 16.0 Å². The average Bonchev–Trinajstić information content (AvgIpc) is 2.76. The van der Waals surface area contributed by atoms with Gasteiger partial charge in [-0.3, -0.25) is 4.79 Å². The van der Waals surface area contributed by atoms with Crippen LogP contribution in [0.4, 0.5) is 4.79 Å². The van der Waals surface area contributed by atoms with E-state index in [-0.39, 0.29) is 18.0 Å². The Morgan fingerprint density at radius 1 is 1.33 bits per heavy atom. The Morgan fingerprint density at radius 2 is 2.11 bits per heavy atom. The lowest BCUT2D eigenvalue weighted by molar-refractivity contribution is -0.119. The molecule has 0 aromatic heterocycles. The molecule has 0 unspecified atom stereocenters. The number of carbonyl (C=O) groups excluding carboxylic acids is 2. The van der Waals surface area contributed by atoms with Crippen LogP contribution in [0.5, 0.6) is 0 Å². The lowest BCUT2D eigenvalue weighted by atomic mass is 10.1. The van der Waals surface area contributed by atoms with E-state index in [0.29, 0.717) is 19.5 Å². The van der Waals surface area contributed by atoms with E-state index in [4.69, 9.17) is 0 Å². The Hall–Kier alpha value is -2.04.